The van der Waals surface area contributed by atoms with Gasteiger partial charge in [-0.15, -0.1) is 0 Å². The molecule has 0 spiro atoms. The van der Waals surface area contributed by atoms with E-state index in [2.05, 4.69) is 10.6 Å². The first-order valence-electron chi connectivity index (χ1n) is 9.34. The van der Waals surface area contributed by atoms with Gasteiger partial charge in [-0.1, -0.05) is 49.4 Å². The minimum absolute atomic E-state index is 0.0392. The van der Waals surface area contributed by atoms with Crippen LogP contribution in [-0.4, -0.2) is 11.8 Å². The largest absolute Gasteiger partial charge is 0.349 e. The Morgan fingerprint density at radius 2 is 1.65 bits per heavy atom. The van der Waals surface area contributed by atoms with Crippen LogP contribution in [0.2, 0.25) is 0 Å². The molecule has 1 aliphatic rings. The van der Waals surface area contributed by atoms with Crippen LogP contribution in [-0.2, 0) is 9.59 Å². The van der Waals surface area contributed by atoms with Crippen LogP contribution >= 0.6 is 0 Å². The summed E-state index contributed by atoms with van der Waals surface area (Å²) < 4.78 is 0. The lowest BCUT2D eigenvalue weighted by atomic mass is 9.95. The first-order chi connectivity index (χ1) is 12.6. The third-order valence-corrected chi connectivity index (χ3v) is 4.91. The van der Waals surface area contributed by atoms with Crippen molar-refractivity contribution >= 4 is 17.5 Å². The minimum Gasteiger partial charge on any atom is -0.349 e. The molecule has 0 aromatic heterocycles. The molecule has 0 saturated heterocycles. The number of amides is 2. The van der Waals surface area contributed by atoms with Gasteiger partial charge in [0.25, 0.3) is 0 Å². The Labute approximate surface area is 155 Å². The molecule has 1 fully saturated rings. The maximum atomic E-state index is 12.7. The Bertz CT molecular complexity index is 751. The van der Waals surface area contributed by atoms with Gasteiger partial charge >= 0.3 is 0 Å². The summed E-state index contributed by atoms with van der Waals surface area (Å²) in [6.45, 7) is 4.01. The number of anilines is 1. The molecule has 3 rings (SSSR count). The van der Waals surface area contributed by atoms with E-state index in [1.807, 2.05) is 68.4 Å². The Balaban J connectivity index is 1.60. The predicted octanol–water partition coefficient (Wildman–Crippen LogP) is 4.41. The Kier molecular flexibility index (Phi) is 5.71. The molecular formula is C22H26N2O2. The van der Waals surface area contributed by atoms with E-state index in [1.54, 1.807) is 0 Å². The molecule has 2 unspecified atom stereocenters. The summed E-state index contributed by atoms with van der Waals surface area (Å²) in [7, 11) is 0. The van der Waals surface area contributed by atoms with Crippen molar-refractivity contribution in [3.05, 3.63) is 65.7 Å². The average Bonchev–Trinajstić information content (AvgIpc) is 3.49. The first kappa shape index (κ1) is 18.2. The molecule has 0 bridgehead atoms. The van der Waals surface area contributed by atoms with Gasteiger partial charge in [0, 0.05) is 11.6 Å². The highest BCUT2D eigenvalue weighted by molar-refractivity contribution is 5.94. The first-order valence-corrected chi connectivity index (χ1v) is 9.34. The Hall–Kier alpha value is -2.62. The number of hydrogen-bond acceptors (Lipinski definition) is 2. The molecular weight excluding hydrogens is 324 g/mol. The molecule has 4 heteroatoms. The molecule has 4 nitrogen and oxygen atoms in total. The van der Waals surface area contributed by atoms with Crippen molar-refractivity contribution in [1.29, 1.82) is 0 Å². The van der Waals surface area contributed by atoms with Gasteiger partial charge in [0.05, 0.1) is 12.0 Å². The zero-order valence-corrected chi connectivity index (χ0v) is 15.4. The predicted molar refractivity (Wildman–Crippen MR) is 104 cm³/mol. The van der Waals surface area contributed by atoms with E-state index in [1.165, 1.54) is 0 Å². The van der Waals surface area contributed by atoms with Crippen molar-refractivity contribution in [2.45, 2.75) is 45.1 Å². The van der Waals surface area contributed by atoms with Crippen LogP contribution in [0.25, 0.3) is 0 Å². The third kappa shape index (κ3) is 4.51. The van der Waals surface area contributed by atoms with Crippen molar-refractivity contribution < 1.29 is 9.59 Å². The molecule has 2 aromatic carbocycles. The molecule has 2 N–H and O–H groups in total. The molecule has 2 aromatic rings. The van der Waals surface area contributed by atoms with Gasteiger partial charge in [-0.25, -0.2) is 0 Å². The summed E-state index contributed by atoms with van der Waals surface area (Å²) in [6, 6.07) is 17.5. The summed E-state index contributed by atoms with van der Waals surface area (Å²) in [5.74, 6) is 0.192. The summed E-state index contributed by atoms with van der Waals surface area (Å²) in [4.78, 5) is 24.5. The molecule has 136 valence electrons. The van der Waals surface area contributed by atoms with Crippen LogP contribution in [0.3, 0.4) is 0 Å². The summed E-state index contributed by atoms with van der Waals surface area (Å²) >= 11 is 0. The maximum Gasteiger partial charge on any atom is 0.228 e. The SMILES string of the molecule is CCC(C(=O)NC(C)c1ccc(NC(=O)C2CC2)cc1)c1ccccc1. The van der Waals surface area contributed by atoms with E-state index < -0.39 is 0 Å². The van der Waals surface area contributed by atoms with E-state index in [0.29, 0.717) is 0 Å². The Morgan fingerprint density at radius 1 is 1.00 bits per heavy atom. The summed E-state index contributed by atoms with van der Waals surface area (Å²) in [5.41, 5.74) is 2.86. The van der Waals surface area contributed by atoms with Crippen molar-refractivity contribution in [2.75, 3.05) is 5.32 Å². The van der Waals surface area contributed by atoms with Crippen LogP contribution in [0, 0.1) is 5.92 Å². The lowest BCUT2D eigenvalue weighted by molar-refractivity contribution is -0.123. The van der Waals surface area contributed by atoms with Gasteiger partial charge in [-0.05, 0) is 49.4 Å². The maximum absolute atomic E-state index is 12.7. The van der Waals surface area contributed by atoms with Crippen molar-refractivity contribution in [2.24, 2.45) is 5.92 Å². The van der Waals surface area contributed by atoms with E-state index in [-0.39, 0.29) is 29.7 Å². The number of hydrogen-bond donors (Lipinski definition) is 2. The van der Waals surface area contributed by atoms with Crippen molar-refractivity contribution in [1.82, 2.24) is 5.32 Å². The van der Waals surface area contributed by atoms with E-state index in [9.17, 15) is 9.59 Å². The normalized spacial score (nSPS) is 15.8. The number of rotatable bonds is 7. The molecule has 0 heterocycles. The second kappa shape index (κ2) is 8.17. The highest BCUT2D eigenvalue weighted by Gasteiger charge is 2.29. The monoisotopic (exact) mass is 350 g/mol. The summed E-state index contributed by atoms with van der Waals surface area (Å²) in [5, 5.41) is 6.04. The number of carbonyl (C=O) groups excluding carboxylic acids is 2. The highest BCUT2D eigenvalue weighted by atomic mass is 16.2. The fourth-order valence-corrected chi connectivity index (χ4v) is 3.10. The highest BCUT2D eigenvalue weighted by Crippen LogP contribution is 2.30. The fraction of sp³-hybridized carbons (Fsp3) is 0.364. The van der Waals surface area contributed by atoms with E-state index in [4.69, 9.17) is 0 Å². The lowest BCUT2D eigenvalue weighted by Crippen LogP contribution is -2.31. The molecule has 0 aliphatic heterocycles. The van der Waals surface area contributed by atoms with Crippen LogP contribution in [0.4, 0.5) is 5.69 Å². The zero-order valence-electron chi connectivity index (χ0n) is 15.4. The van der Waals surface area contributed by atoms with Gasteiger partial charge in [0.15, 0.2) is 0 Å². The molecule has 2 amide bonds. The number of carbonyl (C=O) groups is 2. The third-order valence-electron chi connectivity index (χ3n) is 4.91. The lowest BCUT2D eigenvalue weighted by Gasteiger charge is -2.20. The van der Waals surface area contributed by atoms with Crippen LogP contribution < -0.4 is 10.6 Å². The zero-order chi connectivity index (χ0) is 18.5. The van der Waals surface area contributed by atoms with E-state index >= 15 is 0 Å². The second-order valence-corrected chi connectivity index (χ2v) is 6.99. The van der Waals surface area contributed by atoms with Gasteiger partial charge in [0.1, 0.15) is 0 Å². The molecule has 1 saturated carbocycles. The summed E-state index contributed by atoms with van der Waals surface area (Å²) in [6.07, 6.45) is 2.74. The quantitative estimate of drug-likeness (QED) is 0.777. The van der Waals surface area contributed by atoms with Crippen molar-refractivity contribution in [3.63, 3.8) is 0 Å². The van der Waals surface area contributed by atoms with Crippen LogP contribution in [0.1, 0.15) is 56.2 Å². The van der Waals surface area contributed by atoms with Gasteiger partial charge < -0.3 is 10.6 Å². The fourth-order valence-electron chi connectivity index (χ4n) is 3.10. The second-order valence-electron chi connectivity index (χ2n) is 6.99. The smallest absolute Gasteiger partial charge is 0.228 e. The average molecular weight is 350 g/mol. The minimum atomic E-state index is -0.143. The van der Waals surface area contributed by atoms with Crippen LogP contribution in [0.5, 0.6) is 0 Å². The number of nitrogens with one attached hydrogen (secondary N) is 2. The van der Waals surface area contributed by atoms with Crippen molar-refractivity contribution in [3.8, 4) is 0 Å². The van der Waals surface area contributed by atoms with Gasteiger partial charge in [-0.2, -0.15) is 0 Å². The van der Waals surface area contributed by atoms with E-state index in [0.717, 1.165) is 36.1 Å². The van der Waals surface area contributed by atoms with Gasteiger partial charge in [-0.3, -0.25) is 9.59 Å². The standard InChI is InChI=1S/C22H26N2O2/c1-3-20(17-7-5-4-6-8-17)22(26)23-15(2)16-11-13-19(14-12-16)24-21(25)18-9-10-18/h4-8,11-15,18,20H,3,9-10H2,1-2H3,(H,23,26)(H,24,25). The van der Waals surface area contributed by atoms with Crippen LogP contribution in [0.15, 0.2) is 54.6 Å². The molecule has 26 heavy (non-hydrogen) atoms. The molecule has 1 aliphatic carbocycles. The Morgan fingerprint density at radius 3 is 2.23 bits per heavy atom. The number of benzene rings is 2. The van der Waals surface area contributed by atoms with Gasteiger partial charge in [0.2, 0.25) is 11.8 Å². The molecule has 0 radical (unpaired) electrons. The molecule has 2 atom stereocenters. The topological polar surface area (TPSA) is 58.2 Å².